The third kappa shape index (κ3) is 4.30. The summed E-state index contributed by atoms with van der Waals surface area (Å²) in [5.41, 5.74) is 6.54. The van der Waals surface area contributed by atoms with Gasteiger partial charge in [-0.1, -0.05) is 61.9 Å². The highest BCUT2D eigenvalue weighted by molar-refractivity contribution is 5.96. The highest BCUT2D eigenvalue weighted by atomic mass is 16.2. The first-order valence-corrected chi connectivity index (χ1v) is 12.3. The lowest BCUT2D eigenvalue weighted by molar-refractivity contribution is -0.132. The van der Waals surface area contributed by atoms with Gasteiger partial charge in [0.1, 0.15) is 0 Å². The molecule has 0 bridgehead atoms. The van der Waals surface area contributed by atoms with E-state index in [4.69, 9.17) is 0 Å². The number of carbonyl (C=O) groups excluding carboxylic acids is 2. The van der Waals surface area contributed by atoms with E-state index in [-0.39, 0.29) is 17.7 Å². The molecule has 1 saturated heterocycles. The highest BCUT2D eigenvalue weighted by Crippen LogP contribution is 2.45. The van der Waals surface area contributed by atoms with Crippen LogP contribution in [-0.4, -0.2) is 42.9 Å². The lowest BCUT2D eigenvalue weighted by Gasteiger charge is -2.37. The Hall–Kier alpha value is -3.60. The maximum atomic E-state index is 13.7. The van der Waals surface area contributed by atoms with E-state index >= 15 is 0 Å². The van der Waals surface area contributed by atoms with Crippen molar-refractivity contribution in [3.05, 3.63) is 83.9 Å². The minimum atomic E-state index is -0.213. The minimum absolute atomic E-state index is 0.0665. The molecule has 3 aromatic rings. The fraction of sp³-hybridized carbons (Fsp3) is 0.310. The van der Waals surface area contributed by atoms with Gasteiger partial charge in [0.25, 0.3) is 0 Å². The van der Waals surface area contributed by atoms with Crippen molar-refractivity contribution in [3.8, 4) is 11.1 Å². The predicted octanol–water partition coefficient (Wildman–Crippen LogP) is 5.28. The number of nitrogens with zero attached hydrogens (tertiary/aromatic N) is 2. The lowest BCUT2D eigenvalue weighted by Crippen LogP contribution is -2.50. The van der Waals surface area contributed by atoms with Crippen molar-refractivity contribution in [2.45, 2.75) is 32.1 Å². The van der Waals surface area contributed by atoms with Crippen LogP contribution in [0, 0.1) is 0 Å². The molecule has 0 spiro atoms. The normalized spacial score (nSPS) is 15.1. The van der Waals surface area contributed by atoms with Crippen molar-refractivity contribution in [2.75, 3.05) is 36.4 Å². The summed E-state index contributed by atoms with van der Waals surface area (Å²) >= 11 is 0. The average molecular weight is 454 g/mol. The molecule has 3 aromatic carbocycles. The van der Waals surface area contributed by atoms with Gasteiger partial charge in [0.05, 0.1) is 5.92 Å². The first-order chi connectivity index (χ1) is 16.7. The molecule has 5 rings (SSSR count). The molecule has 0 atom stereocenters. The summed E-state index contributed by atoms with van der Waals surface area (Å²) in [6.07, 6.45) is 2.48. The fourth-order valence-corrected chi connectivity index (χ4v) is 5.11. The molecule has 5 nitrogen and oxygen atoms in total. The van der Waals surface area contributed by atoms with Gasteiger partial charge in [-0.15, -0.1) is 0 Å². The zero-order valence-electron chi connectivity index (χ0n) is 19.7. The summed E-state index contributed by atoms with van der Waals surface area (Å²) in [5.74, 6) is 0.0496. The van der Waals surface area contributed by atoms with Crippen LogP contribution in [-0.2, 0) is 9.59 Å². The molecular weight excluding hydrogens is 422 g/mol. The Morgan fingerprint density at radius 3 is 2.00 bits per heavy atom. The van der Waals surface area contributed by atoms with Gasteiger partial charge in [0.15, 0.2) is 0 Å². The topological polar surface area (TPSA) is 52.7 Å². The van der Waals surface area contributed by atoms with Gasteiger partial charge in [0.2, 0.25) is 11.8 Å². The Morgan fingerprint density at radius 1 is 0.824 bits per heavy atom. The largest absolute Gasteiger partial charge is 0.368 e. The first kappa shape index (κ1) is 22.2. The maximum Gasteiger partial charge on any atom is 0.234 e. The summed E-state index contributed by atoms with van der Waals surface area (Å²) in [6, 6.07) is 24.6. The Labute approximate surface area is 201 Å². The standard InChI is InChI=1S/C29H31N3O2/c1-2-3-12-27(33)30-21-13-15-22(16-14-21)31-17-19-32(20-18-31)29(34)28-25-10-6-4-8-23(25)24-9-5-7-11-26(24)28/h4-11,13-16,28H,2-3,12,17-20H2,1H3,(H,30,33). The molecule has 1 aliphatic heterocycles. The number of anilines is 2. The second kappa shape index (κ2) is 9.72. The second-order valence-corrected chi connectivity index (χ2v) is 9.12. The molecule has 5 heteroatoms. The molecule has 0 aromatic heterocycles. The van der Waals surface area contributed by atoms with Gasteiger partial charge in [-0.2, -0.15) is 0 Å². The molecule has 0 radical (unpaired) electrons. The van der Waals surface area contributed by atoms with E-state index in [1.807, 2.05) is 41.3 Å². The number of piperazine rings is 1. The molecule has 1 fully saturated rings. The number of amides is 2. The number of nitrogens with one attached hydrogen (secondary N) is 1. The summed E-state index contributed by atoms with van der Waals surface area (Å²) < 4.78 is 0. The molecule has 34 heavy (non-hydrogen) atoms. The average Bonchev–Trinajstić information content (AvgIpc) is 3.22. The molecule has 0 unspecified atom stereocenters. The van der Waals surface area contributed by atoms with Crippen molar-refractivity contribution < 1.29 is 9.59 Å². The lowest BCUT2D eigenvalue weighted by atomic mass is 9.95. The molecule has 2 aliphatic rings. The van der Waals surface area contributed by atoms with Crippen molar-refractivity contribution in [3.63, 3.8) is 0 Å². The van der Waals surface area contributed by atoms with Crippen molar-refractivity contribution in [2.24, 2.45) is 0 Å². The number of carbonyl (C=O) groups is 2. The Balaban J connectivity index is 1.23. The van der Waals surface area contributed by atoms with Crippen LogP contribution in [0.15, 0.2) is 72.8 Å². The molecule has 0 saturated carbocycles. The quantitative estimate of drug-likeness (QED) is 0.553. The fourth-order valence-electron chi connectivity index (χ4n) is 5.11. The van der Waals surface area contributed by atoms with Crippen LogP contribution in [0.3, 0.4) is 0 Å². The number of benzene rings is 3. The van der Waals surface area contributed by atoms with E-state index in [1.54, 1.807) is 0 Å². The predicted molar refractivity (Wildman–Crippen MR) is 137 cm³/mol. The summed E-state index contributed by atoms with van der Waals surface area (Å²) in [7, 11) is 0. The van der Waals surface area contributed by atoms with Crippen molar-refractivity contribution in [1.29, 1.82) is 0 Å². The van der Waals surface area contributed by atoms with E-state index < -0.39 is 0 Å². The van der Waals surface area contributed by atoms with Gasteiger partial charge < -0.3 is 15.1 Å². The molecule has 1 aliphatic carbocycles. The monoisotopic (exact) mass is 453 g/mol. The minimum Gasteiger partial charge on any atom is -0.368 e. The first-order valence-electron chi connectivity index (χ1n) is 12.3. The summed E-state index contributed by atoms with van der Waals surface area (Å²) in [4.78, 5) is 29.9. The number of rotatable bonds is 6. The Bertz CT molecular complexity index is 1130. The van der Waals surface area contributed by atoms with Gasteiger partial charge in [-0.3, -0.25) is 9.59 Å². The van der Waals surface area contributed by atoms with Crippen LogP contribution in [0.25, 0.3) is 11.1 Å². The zero-order valence-corrected chi connectivity index (χ0v) is 19.7. The summed E-state index contributed by atoms with van der Waals surface area (Å²) in [6.45, 7) is 5.08. The van der Waals surface area contributed by atoms with Crippen LogP contribution in [0.5, 0.6) is 0 Å². The van der Waals surface area contributed by atoms with Crippen LogP contribution < -0.4 is 10.2 Å². The molecule has 2 amide bonds. The maximum absolute atomic E-state index is 13.7. The Kier molecular flexibility index (Phi) is 6.35. The molecule has 1 heterocycles. The van der Waals surface area contributed by atoms with Crippen LogP contribution in [0.2, 0.25) is 0 Å². The summed E-state index contributed by atoms with van der Waals surface area (Å²) in [5, 5.41) is 2.97. The van der Waals surface area contributed by atoms with Crippen LogP contribution in [0.1, 0.15) is 43.2 Å². The van der Waals surface area contributed by atoms with Crippen molar-refractivity contribution >= 4 is 23.2 Å². The molecular formula is C29H31N3O2. The van der Waals surface area contributed by atoms with Crippen molar-refractivity contribution in [1.82, 2.24) is 4.90 Å². The number of unbranched alkanes of at least 4 members (excludes halogenated alkanes) is 1. The molecule has 1 N–H and O–H groups in total. The van der Waals surface area contributed by atoms with Gasteiger partial charge in [-0.05, 0) is 52.9 Å². The van der Waals surface area contributed by atoms with Gasteiger partial charge in [0, 0.05) is 44.0 Å². The smallest absolute Gasteiger partial charge is 0.234 e. The number of hydrogen-bond acceptors (Lipinski definition) is 3. The third-order valence-corrected chi connectivity index (χ3v) is 6.95. The van der Waals surface area contributed by atoms with E-state index in [1.165, 1.54) is 11.1 Å². The number of fused-ring (bicyclic) bond motifs is 3. The van der Waals surface area contributed by atoms with E-state index in [9.17, 15) is 9.59 Å². The third-order valence-electron chi connectivity index (χ3n) is 6.95. The number of hydrogen-bond donors (Lipinski definition) is 1. The van der Waals surface area contributed by atoms with E-state index in [2.05, 4.69) is 53.5 Å². The zero-order chi connectivity index (χ0) is 23.5. The molecule has 174 valence electrons. The SMILES string of the molecule is CCCCC(=O)Nc1ccc(N2CCN(C(=O)C3c4ccccc4-c4ccccc43)CC2)cc1. The van der Waals surface area contributed by atoms with Gasteiger partial charge >= 0.3 is 0 Å². The Morgan fingerprint density at radius 2 is 1.41 bits per heavy atom. The van der Waals surface area contributed by atoms with Crippen LogP contribution in [0.4, 0.5) is 11.4 Å². The van der Waals surface area contributed by atoms with E-state index in [0.29, 0.717) is 19.5 Å². The highest BCUT2D eigenvalue weighted by Gasteiger charge is 2.36. The van der Waals surface area contributed by atoms with Crippen LogP contribution >= 0.6 is 0 Å². The van der Waals surface area contributed by atoms with Gasteiger partial charge in [-0.25, -0.2) is 0 Å². The second-order valence-electron chi connectivity index (χ2n) is 9.12. The van der Waals surface area contributed by atoms with E-state index in [0.717, 1.165) is 48.4 Å².